The molecule has 2 N–H and O–H groups in total. The molecule has 1 atom stereocenters. The van der Waals surface area contributed by atoms with Crippen molar-refractivity contribution in [3.8, 4) is 0 Å². The zero-order valence-corrected chi connectivity index (χ0v) is 11.1. The molecule has 0 aliphatic rings. The van der Waals surface area contributed by atoms with Crippen LogP contribution in [0.1, 0.15) is 0 Å². The molecule has 0 saturated carbocycles. The number of nitrogens with zero attached hydrogens (tertiary/aromatic N) is 2. The van der Waals surface area contributed by atoms with E-state index >= 15 is 0 Å². The topological polar surface area (TPSA) is 115 Å². The van der Waals surface area contributed by atoms with Gasteiger partial charge in [0, 0.05) is 24.6 Å². The van der Waals surface area contributed by atoms with Gasteiger partial charge < -0.3 is 15.2 Å². The summed E-state index contributed by atoms with van der Waals surface area (Å²) in [5.41, 5.74) is 0.514. The standard InChI is InChI=1S/C13H13N3O5/c1-21-7-11(13(17)18)15-12-5-2-8-6-9(16(19)20)3-4-10(8)14-12/h2-6,11H,7H2,1H3,(H,14,15)(H,17,18). The van der Waals surface area contributed by atoms with Crippen LogP contribution in [-0.4, -0.2) is 40.7 Å². The Bertz CT molecular complexity index is 689. The van der Waals surface area contributed by atoms with Crippen molar-refractivity contribution >= 4 is 28.4 Å². The van der Waals surface area contributed by atoms with Gasteiger partial charge in [-0.2, -0.15) is 0 Å². The first-order chi connectivity index (χ1) is 10.0. The van der Waals surface area contributed by atoms with Crippen LogP contribution in [0.5, 0.6) is 0 Å². The Hall–Kier alpha value is -2.74. The fourth-order valence-electron chi connectivity index (χ4n) is 1.83. The summed E-state index contributed by atoms with van der Waals surface area (Å²) in [7, 11) is 1.41. The van der Waals surface area contributed by atoms with E-state index < -0.39 is 16.9 Å². The minimum atomic E-state index is -1.05. The maximum absolute atomic E-state index is 11.0. The number of carboxylic acid groups (broad SMARTS) is 1. The number of hydrogen-bond donors (Lipinski definition) is 2. The third kappa shape index (κ3) is 3.42. The van der Waals surface area contributed by atoms with Crippen molar-refractivity contribution in [2.75, 3.05) is 19.0 Å². The molecular weight excluding hydrogens is 278 g/mol. The van der Waals surface area contributed by atoms with Crippen LogP contribution in [-0.2, 0) is 9.53 Å². The highest BCUT2D eigenvalue weighted by atomic mass is 16.6. The SMILES string of the molecule is COCC(Nc1ccc2cc([N+](=O)[O-])ccc2n1)C(=O)O. The van der Waals surface area contributed by atoms with Gasteiger partial charge in [0.15, 0.2) is 0 Å². The largest absolute Gasteiger partial charge is 0.480 e. The molecular formula is C13H13N3O5. The number of ether oxygens (including phenoxy) is 1. The lowest BCUT2D eigenvalue weighted by Gasteiger charge is -2.14. The van der Waals surface area contributed by atoms with E-state index in [-0.39, 0.29) is 12.3 Å². The second-order valence-corrected chi connectivity index (χ2v) is 4.32. The zero-order valence-electron chi connectivity index (χ0n) is 11.1. The van der Waals surface area contributed by atoms with Crippen molar-refractivity contribution in [3.63, 3.8) is 0 Å². The van der Waals surface area contributed by atoms with Gasteiger partial charge in [-0.25, -0.2) is 9.78 Å². The van der Waals surface area contributed by atoms with E-state index in [0.29, 0.717) is 16.7 Å². The quantitative estimate of drug-likeness (QED) is 0.614. The molecule has 0 bridgehead atoms. The van der Waals surface area contributed by atoms with Crippen LogP contribution in [0.15, 0.2) is 30.3 Å². The molecule has 2 aromatic rings. The van der Waals surface area contributed by atoms with E-state index in [1.807, 2.05) is 0 Å². The summed E-state index contributed by atoms with van der Waals surface area (Å²) in [5, 5.41) is 23.1. The molecule has 0 amide bonds. The lowest BCUT2D eigenvalue weighted by Crippen LogP contribution is -2.33. The summed E-state index contributed by atoms with van der Waals surface area (Å²) >= 11 is 0. The molecule has 8 nitrogen and oxygen atoms in total. The number of aliphatic carboxylic acids is 1. The van der Waals surface area contributed by atoms with Gasteiger partial charge in [-0.15, -0.1) is 0 Å². The average Bonchev–Trinajstić information content (AvgIpc) is 2.46. The monoisotopic (exact) mass is 291 g/mol. The molecule has 21 heavy (non-hydrogen) atoms. The number of carboxylic acids is 1. The predicted molar refractivity (Wildman–Crippen MR) is 75.3 cm³/mol. The number of aromatic nitrogens is 1. The molecule has 0 aliphatic carbocycles. The summed E-state index contributed by atoms with van der Waals surface area (Å²) in [6.45, 7) is -0.00465. The van der Waals surface area contributed by atoms with Crippen LogP contribution in [0, 0.1) is 10.1 Å². The third-order valence-corrected chi connectivity index (χ3v) is 2.84. The van der Waals surface area contributed by atoms with Crippen LogP contribution in [0.25, 0.3) is 10.9 Å². The number of nitro benzene ring substituents is 1. The zero-order chi connectivity index (χ0) is 15.4. The van der Waals surface area contributed by atoms with Crippen molar-refractivity contribution in [1.29, 1.82) is 0 Å². The maximum Gasteiger partial charge on any atom is 0.328 e. The van der Waals surface area contributed by atoms with Gasteiger partial charge in [-0.3, -0.25) is 10.1 Å². The number of non-ortho nitro benzene ring substituents is 1. The van der Waals surface area contributed by atoms with Crippen molar-refractivity contribution < 1.29 is 19.6 Å². The van der Waals surface area contributed by atoms with Crippen molar-refractivity contribution in [3.05, 3.63) is 40.4 Å². The van der Waals surface area contributed by atoms with E-state index in [1.165, 1.54) is 25.3 Å². The molecule has 8 heteroatoms. The third-order valence-electron chi connectivity index (χ3n) is 2.84. The highest BCUT2D eigenvalue weighted by Crippen LogP contribution is 2.21. The molecule has 0 aliphatic heterocycles. The summed E-state index contributed by atoms with van der Waals surface area (Å²) in [6, 6.07) is 6.57. The second kappa shape index (κ2) is 6.14. The van der Waals surface area contributed by atoms with Gasteiger partial charge in [0.1, 0.15) is 11.9 Å². The van der Waals surface area contributed by atoms with Gasteiger partial charge in [0.05, 0.1) is 17.0 Å². The van der Waals surface area contributed by atoms with E-state index in [1.54, 1.807) is 12.1 Å². The van der Waals surface area contributed by atoms with Gasteiger partial charge in [-0.05, 0) is 18.2 Å². The Labute approximate surface area is 119 Å². The summed E-state index contributed by atoms with van der Waals surface area (Å²) in [5.74, 6) is -0.691. The first kappa shape index (κ1) is 14.7. The number of benzene rings is 1. The molecule has 1 heterocycles. The molecule has 0 saturated heterocycles. The van der Waals surface area contributed by atoms with E-state index in [0.717, 1.165) is 0 Å². The molecule has 2 rings (SSSR count). The smallest absolute Gasteiger partial charge is 0.328 e. The van der Waals surface area contributed by atoms with E-state index in [4.69, 9.17) is 9.84 Å². The fraction of sp³-hybridized carbons (Fsp3) is 0.231. The lowest BCUT2D eigenvalue weighted by atomic mass is 10.2. The number of nitro groups is 1. The Morgan fingerprint density at radius 2 is 2.24 bits per heavy atom. The molecule has 0 spiro atoms. The summed E-state index contributed by atoms with van der Waals surface area (Å²) < 4.78 is 4.82. The summed E-state index contributed by atoms with van der Waals surface area (Å²) in [4.78, 5) is 25.5. The van der Waals surface area contributed by atoms with Crippen LogP contribution < -0.4 is 5.32 Å². The molecule has 1 unspecified atom stereocenters. The Kier molecular flexibility index (Phi) is 4.29. The first-order valence-electron chi connectivity index (χ1n) is 6.04. The minimum absolute atomic E-state index is 0.00465. The van der Waals surface area contributed by atoms with Crippen molar-refractivity contribution in [2.24, 2.45) is 0 Å². The second-order valence-electron chi connectivity index (χ2n) is 4.32. The predicted octanol–water partition coefficient (Wildman–Crippen LogP) is 1.65. The number of anilines is 1. The molecule has 1 aromatic carbocycles. The number of pyridine rings is 1. The maximum atomic E-state index is 11.0. The van der Waals surface area contributed by atoms with Gasteiger partial charge >= 0.3 is 5.97 Å². The Morgan fingerprint density at radius 3 is 2.86 bits per heavy atom. The lowest BCUT2D eigenvalue weighted by molar-refractivity contribution is -0.384. The minimum Gasteiger partial charge on any atom is -0.480 e. The molecule has 1 aromatic heterocycles. The Morgan fingerprint density at radius 1 is 1.48 bits per heavy atom. The number of carbonyl (C=O) groups is 1. The average molecular weight is 291 g/mol. The molecule has 0 fully saturated rings. The van der Waals surface area contributed by atoms with Crippen LogP contribution >= 0.6 is 0 Å². The first-order valence-corrected chi connectivity index (χ1v) is 6.04. The molecule has 110 valence electrons. The number of methoxy groups -OCH3 is 1. The number of fused-ring (bicyclic) bond motifs is 1. The van der Waals surface area contributed by atoms with Crippen LogP contribution in [0.2, 0.25) is 0 Å². The normalized spacial score (nSPS) is 12.0. The highest BCUT2D eigenvalue weighted by molar-refractivity contribution is 5.83. The summed E-state index contributed by atoms with van der Waals surface area (Å²) in [6.07, 6.45) is 0. The van der Waals surface area contributed by atoms with Crippen LogP contribution in [0.4, 0.5) is 11.5 Å². The highest BCUT2D eigenvalue weighted by Gasteiger charge is 2.17. The molecule has 0 radical (unpaired) electrons. The van der Waals surface area contributed by atoms with Crippen molar-refractivity contribution in [2.45, 2.75) is 6.04 Å². The van der Waals surface area contributed by atoms with Crippen molar-refractivity contribution in [1.82, 2.24) is 4.98 Å². The van der Waals surface area contributed by atoms with Gasteiger partial charge in [-0.1, -0.05) is 0 Å². The number of rotatable bonds is 6. The van der Waals surface area contributed by atoms with Crippen LogP contribution in [0.3, 0.4) is 0 Å². The fourth-order valence-corrected chi connectivity index (χ4v) is 1.83. The van der Waals surface area contributed by atoms with E-state index in [9.17, 15) is 14.9 Å². The van der Waals surface area contributed by atoms with Gasteiger partial charge in [0.25, 0.3) is 5.69 Å². The van der Waals surface area contributed by atoms with Gasteiger partial charge in [0.2, 0.25) is 0 Å². The van der Waals surface area contributed by atoms with E-state index in [2.05, 4.69) is 10.3 Å². The number of hydrogen-bond acceptors (Lipinski definition) is 6. The Balaban J connectivity index is 2.28. The number of nitrogens with one attached hydrogen (secondary N) is 1.